The van der Waals surface area contributed by atoms with Crippen LogP contribution in [0.5, 0.6) is 0 Å². The molecule has 4 nitrogen and oxygen atoms in total. The van der Waals surface area contributed by atoms with Crippen molar-refractivity contribution in [3.05, 3.63) is 0 Å². The van der Waals surface area contributed by atoms with E-state index in [2.05, 4.69) is 0 Å². The fourth-order valence-corrected chi connectivity index (χ4v) is 1.41. The molecule has 0 aliphatic heterocycles. The van der Waals surface area contributed by atoms with Gasteiger partial charge in [-0.2, -0.15) is 0 Å². The predicted octanol–water partition coefficient (Wildman–Crippen LogP) is 2.84. The lowest BCUT2D eigenvalue weighted by Gasteiger charge is -2.19. The summed E-state index contributed by atoms with van der Waals surface area (Å²) in [6, 6.07) is 0. The van der Waals surface area contributed by atoms with Crippen molar-refractivity contribution >= 4 is 14.0 Å². The summed E-state index contributed by atoms with van der Waals surface area (Å²) in [5.41, 5.74) is 0. The molecule has 0 aromatic carbocycles. The number of esters is 1. The zero-order valence-electron chi connectivity index (χ0n) is 9.58. The van der Waals surface area contributed by atoms with Crippen LogP contribution in [0.3, 0.4) is 0 Å². The van der Waals surface area contributed by atoms with Crippen LogP contribution in [0.2, 0.25) is 0 Å². The highest BCUT2D eigenvalue weighted by Crippen LogP contribution is 2.42. The van der Waals surface area contributed by atoms with Crippen LogP contribution >= 0.6 is 8.03 Å². The van der Waals surface area contributed by atoms with Gasteiger partial charge in [0.25, 0.3) is 5.79 Å². The van der Waals surface area contributed by atoms with Crippen molar-refractivity contribution in [1.82, 2.24) is 0 Å². The Hall–Kier alpha value is -0.470. The summed E-state index contributed by atoms with van der Waals surface area (Å²) in [6.45, 7) is 9.82. The molecule has 1 atom stereocenters. The van der Waals surface area contributed by atoms with E-state index in [1.807, 2.05) is 0 Å². The molecule has 5 heteroatoms. The molecule has 0 rings (SSSR count). The molecule has 0 N–H and O–H groups in total. The molecule has 0 fully saturated rings. The monoisotopic (exact) mass is 221 g/mol. The second-order valence-corrected chi connectivity index (χ2v) is 6.55. The third kappa shape index (κ3) is 5.30. The second-order valence-electron chi connectivity index (χ2n) is 4.51. The largest absolute Gasteiger partial charge is 0.517 e. The Balaban J connectivity index is 4.37. The summed E-state index contributed by atoms with van der Waals surface area (Å²) in [5, 5.41) is -0.452. The first kappa shape index (κ1) is 13.5. The average molecular weight is 221 g/mol. The van der Waals surface area contributed by atoms with E-state index < -0.39 is 24.9 Å². The number of carbonyl (C=O) groups excluding carboxylic acids is 1. The third-order valence-corrected chi connectivity index (χ3v) is 2.94. The maximum atomic E-state index is 11.6. The van der Waals surface area contributed by atoms with Crippen molar-refractivity contribution in [1.29, 1.82) is 0 Å². The third-order valence-electron chi connectivity index (χ3n) is 1.24. The maximum absolute atomic E-state index is 11.6. The van der Waals surface area contributed by atoms with Crippen LogP contribution in [-0.2, 0) is 18.6 Å². The van der Waals surface area contributed by atoms with Crippen LogP contribution in [0.25, 0.3) is 0 Å². The van der Waals surface area contributed by atoms with Crippen LogP contribution in [-0.4, -0.2) is 16.9 Å². The fraction of sp³-hybridized carbons (Fsp3) is 0.889. The summed E-state index contributed by atoms with van der Waals surface area (Å²) in [4.78, 5) is 10.7. The molecule has 0 saturated carbocycles. The van der Waals surface area contributed by atoms with E-state index in [0.717, 1.165) is 0 Å². The Morgan fingerprint density at radius 2 is 1.57 bits per heavy atom. The van der Waals surface area contributed by atoms with Gasteiger partial charge < -0.3 is 4.74 Å². The van der Waals surface area contributed by atoms with Crippen molar-refractivity contribution in [2.45, 2.75) is 52.5 Å². The first-order valence-corrected chi connectivity index (χ1v) is 5.58. The first-order valence-electron chi connectivity index (χ1n) is 4.41. The standard InChI is InChI=1S/C9H18O4P/c1-7(10)12-9(5,6)13-14(11)8(2,3)4/h1-6H3/q+1. The fourth-order valence-electron chi connectivity index (χ4n) is 0.701. The van der Waals surface area contributed by atoms with Crippen LogP contribution in [0.4, 0.5) is 0 Å². The Kier molecular flexibility index (Phi) is 4.22. The highest BCUT2D eigenvalue weighted by molar-refractivity contribution is 7.41. The number of carbonyl (C=O) groups is 1. The lowest BCUT2D eigenvalue weighted by atomic mass is 10.3. The van der Waals surface area contributed by atoms with E-state index >= 15 is 0 Å². The smallest absolute Gasteiger partial charge is 0.429 e. The zero-order chi connectivity index (χ0) is 11.6. The number of hydrogen-bond acceptors (Lipinski definition) is 4. The molecular formula is C9H18O4P+. The molecule has 0 amide bonds. The predicted molar refractivity (Wildman–Crippen MR) is 54.3 cm³/mol. The molecular weight excluding hydrogens is 203 g/mol. The SMILES string of the molecule is CC(=O)OC(C)(C)O[P+](=O)C(C)(C)C. The second kappa shape index (κ2) is 4.37. The summed E-state index contributed by atoms with van der Waals surface area (Å²) in [6.07, 6.45) is 0. The van der Waals surface area contributed by atoms with Gasteiger partial charge in [0.05, 0.1) is 0 Å². The molecule has 1 unspecified atom stereocenters. The number of ether oxygens (including phenoxy) is 1. The Bertz CT molecular complexity index is 240. The highest BCUT2D eigenvalue weighted by Gasteiger charge is 2.43. The summed E-state index contributed by atoms with van der Waals surface area (Å²) in [7, 11) is -1.87. The van der Waals surface area contributed by atoms with Gasteiger partial charge >= 0.3 is 14.0 Å². The van der Waals surface area contributed by atoms with Crippen molar-refractivity contribution in [2.75, 3.05) is 0 Å². The van der Waals surface area contributed by atoms with Gasteiger partial charge in [-0.3, -0.25) is 4.79 Å². The average Bonchev–Trinajstić information content (AvgIpc) is 1.79. The summed E-state index contributed by atoms with van der Waals surface area (Å²) < 4.78 is 21.6. The van der Waals surface area contributed by atoms with Crippen LogP contribution in [0.1, 0.15) is 41.5 Å². The van der Waals surface area contributed by atoms with E-state index in [0.29, 0.717) is 0 Å². The van der Waals surface area contributed by atoms with Gasteiger partial charge in [-0.1, -0.05) is 4.52 Å². The van der Waals surface area contributed by atoms with E-state index in [9.17, 15) is 9.36 Å². The Labute approximate surface area is 85.8 Å². The minimum absolute atomic E-state index is 0.452. The lowest BCUT2D eigenvalue weighted by molar-refractivity contribution is -0.182. The molecule has 14 heavy (non-hydrogen) atoms. The number of hydrogen-bond donors (Lipinski definition) is 0. The molecule has 0 radical (unpaired) electrons. The van der Waals surface area contributed by atoms with Gasteiger partial charge in [0.1, 0.15) is 0 Å². The van der Waals surface area contributed by atoms with E-state index in [-0.39, 0.29) is 0 Å². The van der Waals surface area contributed by atoms with Crippen molar-refractivity contribution in [3.8, 4) is 0 Å². The molecule has 0 heterocycles. The van der Waals surface area contributed by atoms with E-state index in [1.165, 1.54) is 6.92 Å². The maximum Gasteiger partial charge on any atom is 0.517 e. The van der Waals surface area contributed by atoms with Gasteiger partial charge in [0, 0.05) is 20.8 Å². The van der Waals surface area contributed by atoms with E-state index in [4.69, 9.17) is 9.26 Å². The van der Waals surface area contributed by atoms with Crippen molar-refractivity contribution in [3.63, 3.8) is 0 Å². The van der Waals surface area contributed by atoms with Crippen LogP contribution in [0, 0.1) is 0 Å². The van der Waals surface area contributed by atoms with Gasteiger partial charge in [-0.05, 0) is 25.3 Å². The van der Waals surface area contributed by atoms with Gasteiger partial charge in [0.2, 0.25) is 0 Å². The number of rotatable bonds is 3. The molecule has 82 valence electrons. The Morgan fingerprint density at radius 3 is 1.86 bits per heavy atom. The van der Waals surface area contributed by atoms with Crippen LogP contribution < -0.4 is 0 Å². The van der Waals surface area contributed by atoms with Gasteiger partial charge in [0.15, 0.2) is 5.16 Å². The molecule has 0 aromatic rings. The minimum atomic E-state index is -1.87. The first-order chi connectivity index (χ1) is 6.04. The molecule has 0 aliphatic rings. The van der Waals surface area contributed by atoms with E-state index in [1.54, 1.807) is 34.6 Å². The molecule has 0 aliphatic carbocycles. The Morgan fingerprint density at radius 1 is 1.14 bits per heavy atom. The summed E-state index contributed by atoms with van der Waals surface area (Å²) >= 11 is 0. The van der Waals surface area contributed by atoms with Crippen molar-refractivity contribution < 1.29 is 18.6 Å². The molecule has 0 spiro atoms. The van der Waals surface area contributed by atoms with Gasteiger partial charge in [-0.15, -0.1) is 0 Å². The van der Waals surface area contributed by atoms with Crippen molar-refractivity contribution in [2.24, 2.45) is 0 Å². The topological polar surface area (TPSA) is 52.6 Å². The quantitative estimate of drug-likeness (QED) is 0.417. The minimum Gasteiger partial charge on any atom is -0.429 e. The highest BCUT2D eigenvalue weighted by atomic mass is 31.1. The molecule has 0 aromatic heterocycles. The van der Waals surface area contributed by atoms with Crippen LogP contribution in [0.15, 0.2) is 0 Å². The summed E-state index contributed by atoms with van der Waals surface area (Å²) in [5.74, 6) is -1.58. The normalized spacial score (nSPS) is 13.7. The molecule has 0 bridgehead atoms. The zero-order valence-corrected chi connectivity index (χ0v) is 10.5. The van der Waals surface area contributed by atoms with Gasteiger partial charge in [-0.25, -0.2) is 0 Å². The molecule has 0 saturated heterocycles. The lowest BCUT2D eigenvalue weighted by Crippen LogP contribution is -2.29.